The molecular weight excluding hydrogens is 604 g/mol. The number of thiazole rings is 1. The van der Waals surface area contributed by atoms with Crippen molar-refractivity contribution in [2.75, 3.05) is 71.2 Å². The Kier molecular flexibility index (Phi) is 9.91. The van der Waals surface area contributed by atoms with E-state index in [1.807, 2.05) is 54.6 Å². The third kappa shape index (κ3) is 7.73. The molecule has 0 radical (unpaired) electrons. The maximum absolute atomic E-state index is 12.5. The van der Waals surface area contributed by atoms with Gasteiger partial charge in [0.05, 0.1) is 36.6 Å². The zero-order chi connectivity index (χ0) is 31.9. The second kappa shape index (κ2) is 14.6. The number of rotatable bonds is 12. The first-order valence-corrected chi connectivity index (χ1v) is 16.0. The van der Waals surface area contributed by atoms with Gasteiger partial charge in [0, 0.05) is 56.4 Å². The minimum Gasteiger partial charge on any atom is -0.497 e. The van der Waals surface area contributed by atoms with Gasteiger partial charge in [-0.3, -0.25) is 5.32 Å². The highest BCUT2D eigenvalue weighted by atomic mass is 32.1. The molecule has 1 aliphatic heterocycles. The van der Waals surface area contributed by atoms with E-state index < -0.39 is 0 Å². The first-order valence-electron chi connectivity index (χ1n) is 15.2. The van der Waals surface area contributed by atoms with Gasteiger partial charge in [0.25, 0.3) is 0 Å². The largest absolute Gasteiger partial charge is 0.497 e. The molecule has 0 saturated carbocycles. The topological polar surface area (TPSA) is 126 Å². The Morgan fingerprint density at radius 2 is 1.83 bits per heavy atom. The van der Waals surface area contributed by atoms with Crippen molar-refractivity contribution in [1.29, 1.82) is 0 Å². The molecule has 0 atom stereocenters. The standard InChI is InChI=1S/C33H38N8O4S/c1-40-11-13-41(14-12-40)10-5-15-45-29-19-27-25(18-28(29)44-3)31(36-21-35-27)37-23-8-9-26-30(17-23)46-33(38-26)39-32(42)34-20-22-6-4-7-24(16-22)43-2/h4,6-9,16-19,21H,5,10-15,20H2,1-3H3,(H,35,36,37)(H2,34,38,39,42). The lowest BCUT2D eigenvalue weighted by atomic mass is 10.2. The molecule has 2 aromatic heterocycles. The van der Waals surface area contributed by atoms with Crippen molar-refractivity contribution in [2.45, 2.75) is 13.0 Å². The monoisotopic (exact) mass is 642 g/mol. The number of nitrogens with zero attached hydrogens (tertiary/aromatic N) is 5. The molecule has 46 heavy (non-hydrogen) atoms. The fraction of sp³-hybridized carbons (Fsp3) is 0.333. The third-order valence-electron chi connectivity index (χ3n) is 7.85. The van der Waals surface area contributed by atoms with Crippen LogP contribution in [0.15, 0.2) is 60.9 Å². The minimum absolute atomic E-state index is 0.333. The van der Waals surface area contributed by atoms with E-state index in [-0.39, 0.29) is 6.03 Å². The molecule has 3 aromatic carbocycles. The summed E-state index contributed by atoms with van der Waals surface area (Å²) in [6.07, 6.45) is 2.47. The van der Waals surface area contributed by atoms with Gasteiger partial charge >= 0.3 is 6.03 Å². The molecule has 1 aliphatic rings. The summed E-state index contributed by atoms with van der Waals surface area (Å²) in [7, 11) is 5.42. The lowest BCUT2D eigenvalue weighted by molar-refractivity contribution is 0.145. The Morgan fingerprint density at radius 3 is 2.65 bits per heavy atom. The maximum Gasteiger partial charge on any atom is 0.321 e. The zero-order valence-electron chi connectivity index (χ0n) is 26.2. The number of hydrogen-bond acceptors (Lipinski definition) is 11. The van der Waals surface area contributed by atoms with Crippen LogP contribution in [0.2, 0.25) is 0 Å². The predicted molar refractivity (Wildman–Crippen MR) is 182 cm³/mol. The van der Waals surface area contributed by atoms with Crippen molar-refractivity contribution in [3.05, 3.63) is 66.5 Å². The number of fused-ring (bicyclic) bond motifs is 2. The summed E-state index contributed by atoms with van der Waals surface area (Å²) in [5, 5.41) is 10.4. The van der Waals surface area contributed by atoms with Crippen molar-refractivity contribution in [2.24, 2.45) is 0 Å². The number of aromatic nitrogens is 3. The SMILES string of the molecule is COc1cccc(CNC(=O)Nc2nc3ccc(Nc4ncnc5cc(OCCCN6CCN(C)CC6)c(OC)cc45)cc3s2)c1. The molecule has 0 spiro atoms. The van der Waals surface area contributed by atoms with Gasteiger partial charge in [0.15, 0.2) is 16.6 Å². The van der Waals surface area contributed by atoms with Gasteiger partial charge in [-0.2, -0.15) is 0 Å². The number of piperazine rings is 1. The minimum atomic E-state index is -0.333. The Morgan fingerprint density at radius 1 is 0.957 bits per heavy atom. The molecule has 0 bridgehead atoms. The molecule has 1 saturated heterocycles. The molecule has 3 N–H and O–H groups in total. The van der Waals surface area contributed by atoms with Crippen LogP contribution in [0.1, 0.15) is 12.0 Å². The molecule has 240 valence electrons. The van der Waals surface area contributed by atoms with Gasteiger partial charge in [-0.05, 0) is 55.4 Å². The van der Waals surface area contributed by atoms with Gasteiger partial charge in [-0.1, -0.05) is 23.5 Å². The number of amides is 2. The van der Waals surface area contributed by atoms with Crippen molar-refractivity contribution < 1.29 is 19.0 Å². The maximum atomic E-state index is 12.5. The summed E-state index contributed by atoms with van der Waals surface area (Å²) in [6.45, 7) is 6.38. The van der Waals surface area contributed by atoms with Crippen LogP contribution in [0.25, 0.3) is 21.1 Å². The molecule has 3 heterocycles. The van der Waals surface area contributed by atoms with Gasteiger partial charge in [-0.25, -0.2) is 19.7 Å². The van der Waals surface area contributed by atoms with Crippen LogP contribution < -0.4 is 30.2 Å². The van der Waals surface area contributed by atoms with Crippen LogP contribution >= 0.6 is 11.3 Å². The van der Waals surface area contributed by atoms with Crippen molar-refractivity contribution >= 4 is 55.1 Å². The summed E-state index contributed by atoms with van der Waals surface area (Å²) < 4.78 is 18.0. The van der Waals surface area contributed by atoms with E-state index in [9.17, 15) is 4.79 Å². The number of urea groups is 1. The molecule has 0 aliphatic carbocycles. The van der Waals surface area contributed by atoms with Gasteiger partial charge in [0.1, 0.15) is 17.9 Å². The Balaban J connectivity index is 1.09. The number of carbonyl (C=O) groups is 1. The lowest BCUT2D eigenvalue weighted by Crippen LogP contribution is -2.44. The number of benzene rings is 3. The second-order valence-corrected chi connectivity index (χ2v) is 12.1. The average Bonchev–Trinajstić information content (AvgIpc) is 3.48. The average molecular weight is 643 g/mol. The Labute approximate surface area is 271 Å². The summed E-state index contributed by atoms with van der Waals surface area (Å²) in [5.41, 5.74) is 3.29. The first-order chi connectivity index (χ1) is 22.5. The number of nitrogens with one attached hydrogen (secondary N) is 3. The number of hydrogen-bond donors (Lipinski definition) is 3. The van der Waals surface area contributed by atoms with Crippen molar-refractivity contribution in [1.82, 2.24) is 30.1 Å². The van der Waals surface area contributed by atoms with Crippen molar-refractivity contribution in [3.63, 3.8) is 0 Å². The van der Waals surface area contributed by atoms with Crippen LogP contribution in [-0.2, 0) is 6.54 Å². The highest BCUT2D eigenvalue weighted by Gasteiger charge is 2.15. The van der Waals surface area contributed by atoms with E-state index in [0.29, 0.717) is 35.6 Å². The number of ether oxygens (including phenoxy) is 3. The second-order valence-electron chi connectivity index (χ2n) is 11.1. The van der Waals surface area contributed by atoms with Crippen LogP contribution in [0.4, 0.5) is 21.4 Å². The van der Waals surface area contributed by atoms with Crippen LogP contribution in [0.3, 0.4) is 0 Å². The van der Waals surface area contributed by atoms with Crippen LogP contribution in [0, 0.1) is 0 Å². The molecule has 0 unspecified atom stereocenters. The molecule has 12 nitrogen and oxygen atoms in total. The quantitative estimate of drug-likeness (QED) is 0.154. The van der Waals surface area contributed by atoms with E-state index >= 15 is 0 Å². The van der Waals surface area contributed by atoms with Gasteiger partial charge in [-0.15, -0.1) is 0 Å². The van der Waals surface area contributed by atoms with Crippen LogP contribution in [0.5, 0.6) is 17.2 Å². The van der Waals surface area contributed by atoms with E-state index in [0.717, 1.165) is 77.3 Å². The number of anilines is 3. The fourth-order valence-corrected chi connectivity index (χ4v) is 6.18. The molecular formula is C33H38N8O4S. The van der Waals surface area contributed by atoms with Gasteiger partial charge < -0.3 is 34.6 Å². The third-order valence-corrected chi connectivity index (χ3v) is 8.79. The summed E-state index contributed by atoms with van der Waals surface area (Å²) in [5.74, 6) is 2.68. The molecule has 1 fully saturated rings. The van der Waals surface area contributed by atoms with E-state index in [4.69, 9.17) is 14.2 Å². The lowest BCUT2D eigenvalue weighted by Gasteiger charge is -2.32. The number of carbonyl (C=O) groups excluding carboxylic acids is 1. The molecule has 5 aromatic rings. The zero-order valence-corrected chi connectivity index (χ0v) is 27.0. The van der Waals surface area contributed by atoms with Crippen LogP contribution in [-0.4, -0.2) is 91.4 Å². The number of likely N-dealkylation sites (N-methyl/N-ethyl adjacent to an activating group) is 1. The van der Waals surface area contributed by atoms with Gasteiger partial charge in [0.2, 0.25) is 0 Å². The molecule has 2 amide bonds. The predicted octanol–water partition coefficient (Wildman–Crippen LogP) is 5.34. The summed E-state index contributed by atoms with van der Waals surface area (Å²) >= 11 is 1.39. The number of methoxy groups -OCH3 is 2. The molecule has 6 rings (SSSR count). The molecule has 13 heteroatoms. The highest BCUT2D eigenvalue weighted by molar-refractivity contribution is 7.22. The van der Waals surface area contributed by atoms with E-state index in [1.54, 1.807) is 14.2 Å². The summed E-state index contributed by atoms with van der Waals surface area (Å²) in [4.78, 5) is 30.9. The fourth-order valence-electron chi connectivity index (χ4n) is 5.28. The normalized spacial score (nSPS) is 13.9. The summed E-state index contributed by atoms with van der Waals surface area (Å²) in [6, 6.07) is 16.9. The smallest absolute Gasteiger partial charge is 0.321 e. The Bertz CT molecular complexity index is 1810. The highest BCUT2D eigenvalue weighted by Crippen LogP contribution is 2.36. The van der Waals surface area contributed by atoms with Crippen molar-refractivity contribution in [3.8, 4) is 17.2 Å². The Hall–Kier alpha value is -4.72. The van der Waals surface area contributed by atoms with E-state index in [2.05, 4.69) is 47.7 Å². The van der Waals surface area contributed by atoms with E-state index in [1.165, 1.54) is 17.7 Å². The first kappa shape index (κ1) is 31.3.